The fraction of sp³-hybridized carbons (Fsp3) is 0.0667. The molecule has 23 heavy (non-hydrogen) atoms. The second-order valence-corrected chi connectivity index (χ2v) is 4.79. The van der Waals surface area contributed by atoms with E-state index in [9.17, 15) is 19.1 Å². The number of hydrazine groups is 1. The Morgan fingerprint density at radius 2 is 1.91 bits per heavy atom. The largest absolute Gasteiger partial charge is 0.506 e. The van der Waals surface area contributed by atoms with E-state index in [1.807, 2.05) is 0 Å². The van der Waals surface area contributed by atoms with Crippen LogP contribution in [0.15, 0.2) is 42.5 Å². The first-order valence-corrected chi connectivity index (χ1v) is 6.80. The Kier molecular flexibility index (Phi) is 5.37. The van der Waals surface area contributed by atoms with Crippen LogP contribution in [0.1, 0.15) is 10.4 Å². The lowest BCUT2D eigenvalue weighted by molar-refractivity contribution is -0.123. The van der Waals surface area contributed by atoms with E-state index < -0.39 is 24.2 Å². The maximum Gasteiger partial charge on any atom is 0.276 e. The van der Waals surface area contributed by atoms with Crippen molar-refractivity contribution in [3.8, 4) is 11.5 Å². The van der Waals surface area contributed by atoms with E-state index in [0.717, 1.165) is 0 Å². The number of hydrogen-bond donors (Lipinski definition) is 3. The molecule has 2 amide bonds. The molecule has 0 heterocycles. The number of carbonyl (C=O) groups excluding carboxylic acids is 2. The summed E-state index contributed by atoms with van der Waals surface area (Å²) in [5, 5.41) is 9.27. The third-order valence-electron chi connectivity index (χ3n) is 2.72. The van der Waals surface area contributed by atoms with Gasteiger partial charge in [-0.25, -0.2) is 4.39 Å². The molecule has 0 atom stereocenters. The molecule has 0 aliphatic heterocycles. The number of ether oxygens (including phenoxy) is 1. The number of halogens is 2. The van der Waals surface area contributed by atoms with E-state index in [1.54, 1.807) is 6.07 Å². The number of hydrogen-bond acceptors (Lipinski definition) is 4. The Bertz CT molecular complexity index is 739. The van der Waals surface area contributed by atoms with E-state index in [4.69, 9.17) is 16.3 Å². The Morgan fingerprint density at radius 3 is 2.61 bits per heavy atom. The van der Waals surface area contributed by atoms with Crippen LogP contribution in [-0.2, 0) is 4.79 Å². The third-order valence-corrected chi connectivity index (χ3v) is 3.02. The smallest absolute Gasteiger partial charge is 0.276 e. The number of aromatic hydroxyl groups is 1. The summed E-state index contributed by atoms with van der Waals surface area (Å²) in [6, 6.07) is 9.45. The molecule has 0 aliphatic rings. The number of para-hydroxylation sites is 1. The van der Waals surface area contributed by atoms with Crippen LogP contribution in [0.5, 0.6) is 11.5 Å². The number of phenolic OH excluding ortho intramolecular Hbond substituents is 1. The third kappa shape index (κ3) is 4.58. The quantitative estimate of drug-likeness (QED) is 0.744. The molecule has 2 rings (SSSR count). The Balaban J connectivity index is 1.83. The van der Waals surface area contributed by atoms with E-state index in [0.29, 0.717) is 0 Å². The van der Waals surface area contributed by atoms with Crippen molar-refractivity contribution in [3.05, 3.63) is 58.9 Å². The van der Waals surface area contributed by atoms with Crippen LogP contribution in [-0.4, -0.2) is 23.5 Å². The predicted molar refractivity (Wildman–Crippen MR) is 80.6 cm³/mol. The number of phenols is 1. The molecule has 0 saturated heterocycles. The first kappa shape index (κ1) is 16.6. The standard InChI is InChI=1S/C15H12ClFN2O4/c16-10-7-9(5-6-12(10)20)15(22)19-18-14(21)8-23-13-4-2-1-3-11(13)17/h1-7,20H,8H2,(H,18,21)(H,19,22). The maximum absolute atomic E-state index is 13.3. The topological polar surface area (TPSA) is 87.7 Å². The molecule has 0 aliphatic carbocycles. The van der Waals surface area contributed by atoms with Crippen molar-refractivity contribution in [3.63, 3.8) is 0 Å². The monoisotopic (exact) mass is 338 g/mol. The SMILES string of the molecule is O=C(COc1ccccc1F)NNC(=O)c1ccc(O)c(Cl)c1. The molecule has 0 fully saturated rings. The van der Waals surface area contributed by atoms with Crippen LogP contribution in [0, 0.1) is 5.82 Å². The van der Waals surface area contributed by atoms with Crippen molar-refractivity contribution in [2.24, 2.45) is 0 Å². The molecule has 0 radical (unpaired) electrons. The molecule has 8 heteroatoms. The zero-order chi connectivity index (χ0) is 16.8. The summed E-state index contributed by atoms with van der Waals surface area (Å²) in [4.78, 5) is 23.3. The van der Waals surface area contributed by atoms with E-state index in [1.165, 1.54) is 36.4 Å². The van der Waals surface area contributed by atoms with Crippen LogP contribution < -0.4 is 15.6 Å². The normalized spacial score (nSPS) is 10.0. The van der Waals surface area contributed by atoms with Gasteiger partial charge in [0.2, 0.25) is 0 Å². The number of rotatable bonds is 4. The van der Waals surface area contributed by atoms with Crippen molar-refractivity contribution in [2.45, 2.75) is 0 Å². The molecule has 0 spiro atoms. The van der Waals surface area contributed by atoms with Gasteiger partial charge < -0.3 is 9.84 Å². The molecule has 0 unspecified atom stereocenters. The van der Waals surface area contributed by atoms with Gasteiger partial charge in [0.1, 0.15) is 5.75 Å². The zero-order valence-electron chi connectivity index (χ0n) is 11.7. The highest BCUT2D eigenvalue weighted by Crippen LogP contribution is 2.23. The van der Waals surface area contributed by atoms with Crippen LogP contribution in [0.25, 0.3) is 0 Å². The van der Waals surface area contributed by atoms with Gasteiger partial charge in [-0.1, -0.05) is 23.7 Å². The first-order chi connectivity index (χ1) is 11.0. The summed E-state index contributed by atoms with van der Waals surface area (Å²) in [5.74, 6) is -2.13. The zero-order valence-corrected chi connectivity index (χ0v) is 12.4. The number of benzene rings is 2. The average molecular weight is 339 g/mol. The van der Waals surface area contributed by atoms with Crippen LogP contribution >= 0.6 is 11.6 Å². The van der Waals surface area contributed by atoms with Crippen molar-refractivity contribution in [1.29, 1.82) is 0 Å². The highest BCUT2D eigenvalue weighted by atomic mass is 35.5. The fourth-order valence-corrected chi connectivity index (χ4v) is 1.77. The van der Waals surface area contributed by atoms with E-state index in [-0.39, 0.29) is 22.1 Å². The lowest BCUT2D eigenvalue weighted by Gasteiger charge is -2.09. The molecule has 2 aromatic rings. The van der Waals surface area contributed by atoms with Crippen LogP contribution in [0.3, 0.4) is 0 Å². The Labute approximate surface area is 135 Å². The second kappa shape index (κ2) is 7.46. The van der Waals surface area contributed by atoms with Crippen molar-refractivity contribution in [1.82, 2.24) is 10.9 Å². The highest BCUT2D eigenvalue weighted by molar-refractivity contribution is 6.32. The lowest BCUT2D eigenvalue weighted by atomic mass is 10.2. The van der Waals surface area contributed by atoms with Crippen molar-refractivity contribution in [2.75, 3.05) is 6.61 Å². The minimum absolute atomic E-state index is 0.00635. The molecule has 3 N–H and O–H groups in total. The van der Waals surface area contributed by atoms with Gasteiger partial charge in [-0.2, -0.15) is 0 Å². The van der Waals surface area contributed by atoms with Gasteiger partial charge in [0.25, 0.3) is 11.8 Å². The lowest BCUT2D eigenvalue weighted by Crippen LogP contribution is -2.43. The summed E-state index contributed by atoms with van der Waals surface area (Å²) in [6.45, 7) is -0.475. The summed E-state index contributed by atoms with van der Waals surface area (Å²) in [7, 11) is 0. The number of carbonyl (C=O) groups is 2. The molecular formula is C15H12ClFN2O4. The summed E-state index contributed by atoms with van der Waals surface area (Å²) >= 11 is 5.68. The summed E-state index contributed by atoms with van der Waals surface area (Å²) in [6.07, 6.45) is 0. The summed E-state index contributed by atoms with van der Waals surface area (Å²) < 4.78 is 18.3. The van der Waals surface area contributed by atoms with Crippen molar-refractivity contribution >= 4 is 23.4 Å². The van der Waals surface area contributed by atoms with Crippen LogP contribution in [0.4, 0.5) is 4.39 Å². The van der Waals surface area contributed by atoms with Gasteiger partial charge in [-0.3, -0.25) is 20.4 Å². The molecule has 0 aromatic heterocycles. The fourth-order valence-electron chi connectivity index (χ4n) is 1.59. The van der Waals surface area contributed by atoms with Crippen LogP contribution in [0.2, 0.25) is 5.02 Å². The van der Waals surface area contributed by atoms with Gasteiger partial charge in [0.05, 0.1) is 5.02 Å². The number of nitrogens with one attached hydrogen (secondary N) is 2. The minimum Gasteiger partial charge on any atom is -0.506 e. The predicted octanol–water partition coefficient (Wildman–Crippen LogP) is 2.02. The van der Waals surface area contributed by atoms with E-state index in [2.05, 4.69) is 10.9 Å². The Morgan fingerprint density at radius 1 is 1.17 bits per heavy atom. The first-order valence-electron chi connectivity index (χ1n) is 6.42. The molecular weight excluding hydrogens is 327 g/mol. The Hall–Kier alpha value is -2.80. The molecule has 0 saturated carbocycles. The molecule has 0 bridgehead atoms. The number of amides is 2. The average Bonchev–Trinajstić information content (AvgIpc) is 2.54. The molecule has 120 valence electrons. The maximum atomic E-state index is 13.3. The van der Waals surface area contributed by atoms with E-state index >= 15 is 0 Å². The highest BCUT2D eigenvalue weighted by Gasteiger charge is 2.10. The molecule has 6 nitrogen and oxygen atoms in total. The van der Waals surface area contributed by atoms with Gasteiger partial charge in [0, 0.05) is 5.56 Å². The van der Waals surface area contributed by atoms with Crippen molar-refractivity contribution < 1.29 is 23.8 Å². The van der Waals surface area contributed by atoms with Gasteiger partial charge >= 0.3 is 0 Å². The van der Waals surface area contributed by atoms with Gasteiger partial charge in [-0.05, 0) is 30.3 Å². The van der Waals surface area contributed by atoms with Gasteiger partial charge in [0.15, 0.2) is 18.2 Å². The van der Waals surface area contributed by atoms with Gasteiger partial charge in [-0.15, -0.1) is 0 Å². The minimum atomic E-state index is -0.675. The second-order valence-electron chi connectivity index (χ2n) is 4.39. The molecule has 2 aromatic carbocycles. The summed E-state index contributed by atoms with van der Waals surface area (Å²) in [5.41, 5.74) is 4.40.